The zero-order valence-corrected chi connectivity index (χ0v) is 10.1. The van der Waals surface area contributed by atoms with Crippen molar-refractivity contribution < 1.29 is 4.74 Å². The number of fused-ring (bicyclic) bond motifs is 1. The summed E-state index contributed by atoms with van der Waals surface area (Å²) in [6.45, 7) is 9.42. The van der Waals surface area contributed by atoms with Gasteiger partial charge in [-0.05, 0) is 50.9 Å². The van der Waals surface area contributed by atoms with E-state index < -0.39 is 0 Å². The highest BCUT2D eigenvalue weighted by atomic mass is 16.5. The molecule has 0 spiro atoms. The van der Waals surface area contributed by atoms with Crippen LogP contribution in [0.2, 0.25) is 0 Å². The molecule has 2 rings (SSSR count). The van der Waals surface area contributed by atoms with Crippen molar-refractivity contribution in [3.05, 3.63) is 0 Å². The lowest BCUT2D eigenvalue weighted by molar-refractivity contribution is -0.193. The SMILES string of the molecule is C[C@H]1CC[C@@H]2C(C)(C)CCC[C@@]2(C)O1. The molecule has 1 heteroatoms. The summed E-state index contributed by atoms with van der Waals surface area (Å²) < 4.78 is 6.21. The lowest BCUT2D eigenvalue weighted by Gasteiger charge is -2.54. The summed E-state index contributed by atoms with van der Waals surface area (Å²) in [7, 11) is 0. The lowest BCUT2D eigenvalue weighted by atomic mass is 9.59. The molecule has 1 aliphatic heterocycles. The second kappa shape index (κ2) is 3.23. The summed E-state index contributed by atoms with van der Waals surface area (Å²) in [5.74, 6) is 0.778. The van der Waals surface area contributed by atoms with Gasteiger partial charge in [-0.1, -0.05) is 20.3 Å². The third kappa shape index (κ3) is 1.60. The molecule has 14 heavy (non-hydrogen) atoms. The van der Waals surface area contributed by atoms with Crippen LogP contribution in [0.15, 0.2) is 0 Å². The Morgan fingerprint density at radius 3 is 2.50 bits per heavy atom. The molecule has 0 aromatic carbocycles. The minimum absolute atomic E-state index is 0.180. The summed E-state index contributed by atoms with van der Waals surface area (Å²) in [6.07, 6.45) is 7.09. The van der Waals surface area contributed by atoms with E-state index in [2.05, 4.69) is 27.7 Å². The van der Waals surface area contributed by atoms with Crippen molar-refractivity contribution in [2.75, 3.05) is 0 Å². The summed E-state index contributed by atoms with van der Waals surface area (Å²) in [5.41, 5.74) is 0.673. The Morgan fingerprint density at radius 2 is 1.79 bits per heavy atom. The smallest absolute Gasteiger partial charge is 0.0691 e. The average molecular weight is 196 g/mol. The predicted molar refractivity (Wildman–Crippen MR) is 59.3 cm³/mol. The van der Waals surface area contributed by atoms with Gasteiger partial charge in [0.25, 0.3) is 0 Å². The van der Waals surface area contributed by atoms with Gasteiger partial charge in [-0.3, -0.25) is 0 Å². The first kappa shape index (κ1) is 10.5. The molecule has 0 N–H and O–H groups in total. The zero-order chi connectivity index (χ0) is 10.4. The van der Waals surface area contributed by atoms with E-state index in [0.29, 0.717) is 11.5 Å². The monoisotopic (exact) mass is 196 g/mol. The van der Waals surface area contributed by atoms with E-state index in [1.807, 2.05) is 0 Å². The Labute approximate surface area is 88.2 Å². The molecule has 3 atom stereocenters. The highest BCUT2D eigenvalue weighted by molar-refractivity contribution is 4.99. The molecule has 1 nitrogen and oxygen atoms in total. The summed E-state index contributed by atoms with van der Waals surface area (Å²) in [5, 5.41) is 0. The maximum atomic E-state index is 6.21. The maximum Gasteiger partial charge on any atom is 0.0691 e. The molecular formula is C13H24O. The van der Waals surface area contributed by atoms with E-state index in [0.717, 1.165) is 5.92 Å². The molecule has 0 unspecified atom stereocenters. The molecule has 82 valence electrons. The lowest BCUT2D eigenvalue weighted by Crippen LogP contribution is -2.53. The Bertz CT molecular complexity index is 221. The second-order valence-electron chi connectivity index (χ2n) is 6.21. The van der Waals surface area contributed by atoms with Crippen LogP contribution in [-0.2, 0) is 4.74 Å². The van der Waals surface area contributed by atoms with Crippen LogP contribution in [0.1, 0.15) is 59.8 Å². The number of rotatable bonds is 0. The Balaban J connectivity index is 2.21. The minimum atomic E-state index is 0.180. The predicted octanol–water partition coefficient (Wildman–Crippen LogP) is 3.77. The second-order valence-corrected chi connectivity index (χ2v) is 6.21. The number of hydrogen-bond acceptors (Lipinski definition) is 1. The van der Waals surface area contributed by atoms with Crippen LogP contribution < -0.4 is 0 Å². The van der Waals surface area contributed by atoms with Crippen molar-refractivity contribution in [1.29, 1.82) is 0 Å². The molecule has 2 fully saturated rings. The van der Waals surface area contributed by atoms with Crippen LogP contribution in [0.25, 0.3) is 0 Å². The fourth-order valence-corrected chi connectivity index (χ4v) is 3.83. The van der Waals surface area contributed by atoms with Crippen LogP contribution in [0.3, 0.4) is 0 Å². The average Bonchev–Trinajstić information content (AvgIpc) is 2.00. The normalized spacial score (nSPS) is 47.1. The summed E-state index contributed by atoms with van der Waals surface area (Å²) in [4.78, 5) is 0. The molecule has 1 aliphatic carbocycles. The van der Waals surface area contributed by atoms with E-state index >= 15 is 0 Å². The minimum Gasteiger partial charge on any atom is -0.372 e. The quantitative estimate of drug-likeness (QED) is 0.573. The third-order valence-electron chi connectivity index (χ3n) is 4.51. The molecule has 0 bridgehead atoms. The first-order valence-electron chi connectivity index (χ1n) is 6.12. The fourth-order valence-electron chi connectivity index (χ4n) is 3.83. The topological polar surface area (TPSA) is 9.23 Å². The van der Waals surface area contributed by atoms with Gasteiger partial charge in [-0.2, -0.15) is 0 Å². The largest absolute Gasteiger partial charge is 0.372 e. The third-order valence-corrected chi connectivity index (χ3v) is 4.51. The van der Waals surface area contributed by atoms with E-state index in [9.17, 15) is 0 Å². The van der Waals surface area contributed by atoms with Crippen LogP contribution in [0, 0.1) is 11.3 Å². The van der Waals surface area contributed by atoms with Crippen molar-refractivity contribution in [3.8, 4) is 0 Å². The summed E-state index contributed by atoms with van der Waals surface area (Å²) >= 11 is 0. The highest BCUT2D eigenvalue weighted by Crippen LogP contribution is 2.52. The zero-order valence-electron chi connectivity index (χ0n) is 10.1. The molecule has 1 heterocycles. The van der Waals surface area contributed by atoms with Gasteiger partial charge in [0.15, 0.2) is 0 Å². The Morgan fingerprint density at radius 1 is 1.07 bits per heavy atom. The van der Waals surface area contributed by atoms with Gasteiger partial charge < -0.3 is 4.74 Å². The van der Waals surface area contributed by atoms with Crippen molar-refractivity contribution >= 4 is 0 Å². The molecule has 0 aromatic heterocycles. The van der Waals surface area contributed by atoms with Crippen molar-refractivity contribution in [1.82, 2.24) is 0 Å². The number of hydrogen-bond donors (Lipinski definition) is 0. The van der Waals surface area contributed by atoms with Crippen LogP contribution in [0.5, 0.6) is 0 Å². The van der Waals surface area contributed by atoms with Gasteiger partial charge in [0.1, 0.15) is 0 Å². The molecule has 2 aliphatic rings. The first-order valence-corrected chi connectivity index (χ1v) is 6.12. The molecule has 0 aromatic rings. The van der Waals surface area contributed by atoms with Gasteiger partial charge in [0.05, 0.1) is 11.7 Å². The highest BCUT2D eigenvalue weighted by Gasteiger charge is 2.49. The van der Waals surface area contributed by atoms with Crippen LogP contribution in [-0.4, -0.2) is 11.7 Å². The fraction of sp³-hybridized carbons (Fsp3) is 1.00. The Hall–Kier alpha value is -0.0400. The van der Waals surface area contributed by atoms with Gasteiger partial charge >= 0.3 is 0 Å². The van der Waals surface area contributed by atoms with Crippen LogP contribution in [0.4, 0.5) is 0 Å². The van der Waals surface area contributed by atoms with Gasteiger partial charge in [-0.25, -0.2) is 0 Å². The molecule has 0 amide bonds. The first-order chi connectivity index (χ1) is 6.44. The Kier molecular flexibility index (Phi) is 2.42. The van der Waals surface area contributed by atoms with Crippen molar-refractivity contribution in [2.24, 2.45) is 11.3 Å². The molecule has 1 saturated carbocycles. The van der Waals surface area contributed by atoms with E-state index in [1.165, 1.54) is 32.1 Å². The van der Waals surface area contributed by atoms with Gasteiger partial charge in [-0.15, -0.1) is 0 Å². The van der Waals surface area contributed by atoms with E-state index in [4.69, 9.17) is 4.74 Å². The van der Waals surface area contributed by atoms with E-state index in [1.54, 1.807) is 0 Å². The molecule has 0 radical (unpaired) electrons. The van der Waals surface area contributed by atoms with Crippen molar-refractivity contribution in [2.45, 2.75) is 71.5 Å². The molecule has 1 saturated heterocycles. The summed E-state index contributed by atoms with van der Waals surface area (Å²) in [6, 6.07) is 0. The number of ether oxygens (including phenoxy) is 1. The van der Waals surface area contributed by atoms with Gasteiger partial charge in [0, 0.05) is 0 Å². The van der Waals surface area contributed by atoms with Gasteiger partial charge in [0.2, 0.25) is 0 Å². The van der Waals surface area contributed by atoms with E-state index in [-0.39, 0.29) is 5.60 Å². The van der Waals surface area contributed by atoms with Crippen molar-refractivity contribution in [3.63, 3.8) is 0 Å². The molecular weight excluding hydrogens is 172 g/mol. The van der Waals surface area contributed by atoms with Crippen LogP contribution >= 0.6 is 0 Å². The maximum absolute atomic E-state index is 6.21. The standard InChI is InChI=1S/C13H24O/c1-10-6-7-11-12(2,3)8-5-9-13(11,4)14-10/h10-11H,5-9H2,1-4H3/t10-,11+,13+/m0/s1.